The lowest BCUT2D eigenvalue weighted by Crippen LogP contribution is -2.44. The van der Waals surface area contributed by atoms with E-state index in [4.69, 9.17) is 14.2 Å². The molecule has 1 aliphatic rings. The molecule has 1 N–H and O–H groups in total. The smallest absolute Gasteiger partial charge is 0.244 e. The van der Waals surface area contributed by atoms with Gasteiger partial charge in [-0.15, -0.1) is 0 Å². The fourth-order valence-electron chi connectivity index (χ4n) is 2.54. The Morgan fingerprint density at radius 1 is 1.38 bits per heavy atom. The second-order valence-corrected chi connectivity index (χ2v) is 9.32. The quantitative estimate of drug-likeness (QED) is 0.719. The molecule has 148 valence electrons. The molecule has 9 heteroatoms. The van der Waals surface area contributed by atoms with Gasteiger partial charge in [-0.25, -0.2) is 13.1 Å². The summed E-state index contributed by atoms with van der Waals surface area (Å²) >= 11 is 0. The Bertz CT molecular complexity index is 764. The van der Waals surface area contributed by atoms with Gasteiger partial charge in [-0.1, -0.05) is 20.8 Å². The molecule has 2 unspecified atom stereocenters. The van der Waals surface area contributed by atoms with E-state index in [2.05, 4.69) is 9.82 Å². The second-order valence-electron chi connectivity index (χ2n) is 7.59. The number of rotatable bonds is 7. The van der Waals surface area contributed by atoms with Crippen molar-refractivity contribution in [2.75, 3.05) is 20.8 Å². The van der Waals surface area contributed by atoms with Crippen molar-refractivity contribution >= 4 is 10.0 Å². The van der Waals surface area contributed by atoms with Gasteiger partial charge in [0.25, 0.3) is 0 Å². The molecular weight excluding hydrogens is 358 g/mol. The van der Waals surface area contributed by atoms with Crippen LogP contribution in [0.4, 0.5) is 0 Å². The van der Waals surface area contributed by atoms with Crippen LogP contribution in [0, 0.1) is 0 Å². The normalized spacial score (nSPS) is 23.9. The van der Waals surface area contributed by atoms with Crippen molar-refractivity contribution in [2.45, 2.75) is 63.0 Å². The average molecular weight is 388 g/mol. The van der Waals surface area contributed by atoms with Gasteiger partial charge in [-0.05, 0) is 26.0 Å². The molecule has 26 heavy (non-hydrogen) atoms. The highest BCUT2D eigenvalue weighted by atomic mass is 32.2. The Balaban J connectivity index is 2.29. The number of aromatic nitrogens is 2. The lowest BCUT2D eigenvalue weighted by molar-refractivity contribution is -0.237. The van der Waals surface area contributed by atoms with Crippen molar-refractivity contribution in [3.8, 4) is 0 Å². The maximum absolute atomic E-state index is 13.0. The van der Waals surface area contributed by atoms with Crippen LogP contribution in [-0.2, 0) is 29.6 Å². The molecular formula is C17H29N3O5S. The monoisotopic (exact) mass is 387 g/mol. The molecule has 0 amide bonds. The Morgan fingerprint density at radius 2 is 2.04 bits per heavy atom. The fourth-order valence-corrected chi connectivity index (χ4v) is 3.94. The van der Waals surface area contributed by atoms with Crippen molar-refractivity contribution in [1.82, 2.24) is 14.5 Å². The Kier molecular flexibility index (Phi) is 5.99. The Hall–Kier alpha value is -1.26. The molecule has 2 heterocycles. The van der Waals surface area contributed by atoms with E-state index in [1.165, 1.54) is 14.2 Å². The maximum atomic E-state index is 13.0. The lowest BCUT2D eigenvalue weighted by Gasteiger charge is -2.27. The first-order valence-electron chi connectivity index (χ1n) is 8.48. The molecule has 0 saturated heterocycles. The van der Waals surface area contributed by atoms with Crippen molar-refractivity contribution in [2.24, 2.45) is 0 Å². The highest BCUT2D eigenvalue weighted by molar-refractivity contribution is 7.89. The zero-order valence-electron chi connectivity index (χ0n) is 16.4. The molecule has 0 fully saturated rings. The van der Waals surface area contributed by atoms with E-state index in [-0.39, 0.29) is 17.5 Å². The molecule has 2 atom stereocenters. The van der Waals surface area contributed by atoms with Gasteiger partial charge in [0.2, 0.25) is 15.8 Å². The van der Waals surface area contributed by atoms with Crippen LogP contribution in [0.15, 0.2) is 23.2 Å². The van der Waals surface area contributed by atoms with Gasteiger partial charge in [0.15, 0.2) is 6.29 Å². The van der Waals surface area contributed by atoms with Gasteiger partial charge >= 0.3 is 0 Å². The van der Waals surface area contributed by atoms with Crippen LogP contribution in [-0.4, -0.2) is 51.0 Å². The molecule has 1 aliphatic heterocycles. The Morgan fingerprint density at radius 3 is 2.50 bits per heavy atom. The number of hydrogen-bond donors (Lipinski definition) is 1. The summed E-state index contributed by atoms with van der Waals surface area (Å²) in [6, 6.07) is 0.0499. The molecule has 1 aromatic rings. The van der Waals surface area contributed by atoms with Gasteiger partial charge in [0.05, 0.1) is 12.2 Å². The molecule has 0 spiro atoms. The molecule has 0 aliphatic carbocycles. The maximum Gasteiger partial charge on any atom is 0.244 e. The first-order chi connectivity index (χ1) is 11.9. The number of ether oxygens (including phenoxy) is 3. The van der Waals surface area contributed by atoms with Gasteiger partial charge in [-0.3, -0.25) is 4.68 Å². The topological polar surface area (TPSA) is 91.7 Å². The molecule has 0 radical (unpaired) electrons. The van der Waals surface area contributed by atoms with E-state index in [0.29, 0.717) is 5.69 Å². The van der Waals surface area contributed by atoms with Crippen molar-refractivity contribution in [3.63, 3.8) is 0 Å². The first-order valence-corrected chi connectivity index (χ1v) is 9.97. The highest BCUT2D eigenvalue weighted by Crippen LogP contribution is 2.29. The van der Waals surface area contributed by atoms with Crippen LogP contribution >= 0.6 is 0 Å². The summed E-state index contributed by atoms with van der Waals surface area (Å²) in [5, 5.41) is 4.49. The average Bonchev–Trinajstić information content (AvgIpc) is 3.18. The van der Waals surface area contributed by atoms with Gasteiger partial charge in [0.1, 0.15) is 4.90 Å². The number of methoxy groups -OCH3 is 2. The van der Waals surface area contributed by atoms with E-state index < -0.39 is 27.5 Å². The summed E-state index contributed by atoms with van der Waals surface area (Å²) in [5.41, 5.74) is 0.0940. The molecule has 2 rings (SSSR count). The molecule has 0 aromatic carbocycles. The minimum Gasteiger partial charge on any atom is -0.352 e. The number of sulfonamides is 1. The summed E-state index contributed by atoms with van der Waals surface area (Å²) in [4.78, 5) is 0.162. The SMILES string of the molecule is COC1C=CC(CNS(=O)(=O)c2cn(C(C)C)nc2C(C)(C)C)(OC)O1. The van der Waals surface area contributed by atoms with E-state index in [9.17, 15) is 8.42 Å². The van der Waals surface area contributed by atoms with E-state index >= 15 is 0 Å². The van der Waals surface area contributed by atoms with E-state index in [0.717, 1.165) is 0 Å². The standard InChI is InChI=1S/C17H29N3O5S/c1-12(2)20-10-13(15(19-20)16(3,4)5)26(21,22)18-11-17(24-7)9-8-14(23-6)25-17/h8-10,12,14,18H,11H2,1-7H3. The summed E-state index contributed by atoms with van der Waals surface area (Å²) in [7, 11) is -0.861. The largest absolute Gasteiger partial charge is 0.352 e. The minimum absolute atomic E-state index is 0.0499. The summed E-state index contributed by atoms with van der Waals surface area (Å²) in [6.45, 7) is 9.61. The van der Waals surface area contributed by atoms with Crippen molar-refractivity contribution in [3.05, 3.63) is 24.0 Å². The third-order valence-corrected chi connectivity index (χ3v) is 5.54. The fraction of sp³-hybridized carbons (Fsp3) is 0.706. The van der Waals surface area contributed by atoms with Crippen LogP contribution in [0.3, 0.4) is 0 Å². The van der Waals surface area contributed by atoms with Crippen LogP contribution < -0.4 is 4.72 Å². The zero-order valence-corrected chi connectivity index (χ0v) is 17.3. The predicted octanol–water partition coefficient (Wildman–Crippen LogP) is 1.94. The van der Waals surface area contributed by atoms with Crippen LogP contribution in [0.5, 0.6) is 0 Å². The Labute approximate surface area is 155 Å². The third kappa shape index (κ3) is 4.34. The first kappa shape index (κ1) is 21.0. The third-order valence-electron chi connectivity index (χ3n) is 4.14. The van der Waals surface area contributed by atoms with Gasteiger partial charge < -0.3 is 14.2 Å². The summed E-state index contributed by atoms with van der Waals surface area (Å²) in [6.07, 6.45) is 4.31. The highest BCUT2D eigenvalue weighted by Gasteiger charge is 2.38. The second kappa shape index (κ2) is 7.40. The number of nitrogens with zero attached hydrogens (tertiary/aromatic N) is 2. The molecule has 8 nitrogen and oxygen atoms in total. The number of hydrogen-bond acceptors (Lipinski definition) is 6. The predicted molar refractivity (Wildman–Crippen MR) is 97.3 cm³/mol. The van der Waals surface area contributed by atoms with Crippen molar-refractivity contribution < 1.29 is 22.6 Å². The molecule has 0 bridgehead atoms. The van der Waals surface area contributed by atoms with Crippen LogP contribution in [0.1, 0.15) is 46.4 Å². The summed E-state index contributed by atoms with van der Waals surface area (Å²) in [5.74, 6) is -1.20. The lowest BCUT2D eigenvalue weighted by atomic mass is 9.92. The zero-order chi connectivity index (χ0) is 19.8. The number of nitrogens with one attached hydrogen (secondary N) is 1. The van der Waals surface area contributed by atoms with Gasteiger partial charge in [-0.2, -0.15) is 5.10 Å². The molecule has 0 saturated carbocycles. The van der Waals surface area contributed by atoms with Crippen molar-refractivity contribution in [1.29, 1.82) is 0 Å². The van der Waals surface area contributed by atoms with E-state index in [1.54, 1.807) is 23.0 Å². The molecule has 1 aromatic heterocycles. The van der Waals surface area contributed by atoms with Crippen LogP contribution in [0.25, 0.3) is 0 Å². The summed E-state index contributed by atoms with van der Waals surface area (Å²) < 4.78 is 46.3. The minimum atomic E-state index is -3.81. The van der Waals surface area contributed by atoms with Crippen LogP contribution in [0.2, 0.25) is 0 Å². The van der Waals surface area contributed by atoms with E-state index in [1.807, 2.05) is 34.6 Å². The van der Waals surface area contributed by atoms with Gasteiger partial charge in [0, 0.05) is 31.9 Å².